The molecule has 0 aliphatic carbocycles. The maximum atomic E-state index is 6.09. The summed E-state index contributed by atoms with van der Waals surface area (Å²) in [4.78, 5) is 6.04. The first-order valence-electron chi connectivity index (χ1n) is 9.81. The molecule has 4 rings (SSSR count). The Morgan fingerprint density at radius 2 is 1.80 bits per heavy atom. The van der Waals surface area contributed by atoms with Gasteiger partial charge in [0.25, 0.3) is 0 Å². The van der Waals surface area contributed by atoms with Crippen LogP contribution < -0.4 is 4.74 Å². The van der Waals surface area contributed by atoms with E-state index in [2.05, 4.69) is 22.8 Å². The number of nitrogens with zero attached hydrogens (tertiary/aromatic N) is 2. The van der Waals surface area contributed by atoms with Gasteiger partial charge in [0, 0.05) is 21.5 Å². The van der Waals surface area contributed by atoms with Crippen molar-refractivity contribution in [1.29, 1.82) is 0 Å². The van der Waals surface area contributed by atoms with Crippen LogP contribution >= 0.6 is 35.0 Å². The summed E-state index contributed by atoms with van der Waals surface area (Å²) in [5, 5.41) is 1.51. The molecule has 3 aromatic carbocycles. The number of hydrogen-bond donors (Lipinski definition) is 0. The average molecular weight is 457 g/mol. The number of fused-ring (bicyclic) bond motifs is 1. The van der Waals surface area contributed by atoms with E-state index in [0.717, 1.165) is 56.9 Å². The summed E-state index contributed by atoms with van der Waals surface area (Å²) >= 11 is 13.8. The van der Waals surface area contributed by atoms with Gasteiger partial charge < -0.3 is 9.30 Å². The van der Waals surface area contributed by atoms with Gasteiger partial charge in [-0.1, -0.05) is 35.3 Å². The van der Waals surface area contributed by atoms with E-state index < -0.39 is 0 Å². The molecule has 0 saturated heterocycles. The number of para-hydroxylation sites is 2. The van der Waals surface area contributed by atoms with Crippen molar-refractivity contribution in [2.75, 3.05) is 6.61 Å². The van der Waals surface area contributed by atoms with Gasteiger partial charge in [-0.3, -0.25) is 0 Å². The normalized spacial score (nSPS) is 11.2. The topological polar surface area (TPSA) is 27.1 Å². The molecule has 4 aromatic rings. The van der Waals surface area contributed by atoms with Crippen LogP contribution in [0.5, 0.6) is 5.75 Å². The lowest BCUT2D eigenvalue weighted by Crippen LogP contribution is -2.07. The molecule has 0 bridgehead atoms. The highest BCUT2D eigenvalue weighted by Crippen LogP contribution is 2.26. The molecule has 0 unspecified atom stereocenters. The molecule has 30 heavy (non-hydrogen) atoms. The van der Waals surface area contributed by atoms with Crippen molar-refractivity contribution < 1.29 is 4.74 Å². The molecular formula is C24H22Cl2N2OS. The summed E-state index contributed by atoms with van der Waals surface area (Å²) in [6.45, 7) is 3.47. The Hall–Kier alpha value is -2.14. The zero-order valence-electron chi connectivity index (χ0n) is 16.6. The summed E-state index contributed by atoms with van der Waals surface area (Å²) in [6.07, 6.45) is 0.890. The van der Waals surface area contributed by atoms with E-state index in [-0.39, 0.29) is 0 Å². The van der Waals surface area contributed by atoms with Gasteiger partial charge in [-0.05, 0) is 73.5 Å². The predicted molar refractivity (Wildman–Crippen MR) is 127 cm³/mol. The van der Waals surface area contributed by atoms with Gasteiger partial charge in [0.05, 0.1) is 23.4 Å². The number of halogens is 2. The number of rotatable bonds is 8. The Kier molecular flexibility index (Phi) is 6.88. The van der Waals surface area contributed by atoms with Crippen LogP contribution in [0, 0.1) is 6.92 Å². The van der Waals surface area contributed by atoms with Crippen molar-refractivity contribution in [2.24, 2.45) is 0 Å². The number of imidazole rings is 1. The van der Waals surface area contributed by atoms with E-state index in [9.17, 15) is 0 Å². The molecule has 0 N–H and O–H groups in total. The van der Waals surface area contributed by atoms with E-state index in [0.29, 0.717) is 6.61 Å². The number of aryl methyl sites for hydroxylation is 2. The maximum absolute atomic E-state index is 6.09. The summed E-state index contributed by atoms with van der Waals surface area (Å²) in [5.41, 5.74) is 3.21. The van der Waals surface area contributed by atoms with E-state index in [1.165, 1.54) is 4.90 Å². The number of aromatic nitrogens is 2. The Morgan fingerprint density at radius 1 is 1.00 bits per heavy atom. The lowest BCUT2D eigenvalue weighted by Gasteiger charge is -2.11. The molecule has 0 amide bonds. The minimum atomic E-state index is 0.636. The number of benzene rings is 3. The monoisotopic (exact) mass is 456 g/mol. The van der Waals surface area contributed by atoms with Gasteiger partial charge in [0.1, 0.15) is 11.6 Å². The van der Waals surface area contributed by atoms with Gasteiger partial charge >= 0.3 is 0 Å². The highest BCUT2D eigenvalue weighted by molar-refractivity contribution is 7.98. The molecule has 0 fully saturated rings. The molecule has 3 nitrogen and oxygen atoms in total. The van der Waals surface area contributed by atoms with Crippen LogP contribution in [-0.2, 0) is 12.3 Å². The first-order chi connectivity index (χ1) is 14.6. The van der Waals surface area contributed by atoms with Crippen LogP contribution in [0.3, 0.4) is 0 Å². The Bertz CT molecular complexity index is 1140. The number of thioether (sulfide) groups is 1. The summed E-state index contributed by atoms with van der Waals surface area (Å²) < 4.78 is 8.22. The van der Waals surface area contributed by atoms with E-state index in [1.807, 2.05) is 55.5 Å². The first-order valence-corrected chi connectivity index (χ1v) is 11.6. The molecule has 1 aromatic heterocycles. The van der Waals surface area contributed by atoms with E-state index in [1.54, 1.807) is 11.8 Å². The lowest BCUT2D eigenvalue weighted by atomic mass is 10.2. The molecular weight excluding hydrogens is 435 g/mol. The van der Waals surface area contributed by atoms with Gasteiger partial charge in [0.15, 0.2) is 0 Å². The van der Waals surface area contributed by atoms with Crippen molar-refractivity contribution >= 4 is 46.0 Å². The molecule has 0 aliphatic rings. The largest absolute Gasteiger partial charge is 0.494 e. The van der Waals surface area contributed by atoms with Gasteiger partial charge in [-0.2, -0.15) is 0 Å². The van der Waals surface area contributed by atoms with Gasteiger partial charge in [0.2, 0.25) is 0 Å². The zero-order chi connectivity index (χ0) is 20.9. The van der Waals surface area contributed by atoms with Gasteiger partial charge in [-0.15, -0.1) is 11.8 Å². The second kappa shape index (κ2) is 9.78. The van der Waals surface area contributed by atoms with E-state index in [4.69, 9.17) is 32.9 Å². The SMILES string of the molecule is Cc1cc(OCCCn2c(CSc3ccc(Cl)cc3)nc3ccccc32)ccc1Cl. The minimum Gasteiger partial charge on any atom is -0.494 e. The Morgan fingerprint density at radius 3 is 2.60 bits per heavy atom. The van der Waals surface area contributed by atoms with Crippen molar-refractivity contribution in [2.45, 2.75) is 30.5 Å². The molecule has 0 aliphatic heterocycles. The third-order valence-electron chi connectivity index (χ3n) is 4.84. The van der Waals surface area contributed by atoms with Crippen LogP contribution in [0.1, 0.15) is 17.8 Å². The van der Waals surface area contributed by atoms with Crippen LogP contribution in [0.15, 0.2) is 71.6 Å². The molecule has 0 spiro atoms. The quantitative estimate of drug-likeness (QED) is 0.204. The second-order valence-corrected chi connectivity index (χ2v) is 8.92. The van der Waals surface area contributed by atoms with Crippen molar-refractivity contribution in [3.05, 3.63) is 88.2 Å². The van der Waals surface area contributed by atoms with Crippen LogP contribution in [0.4, 0.5) is 0 Å². The minimum absolute atomic E-state index is 0.636. The third-order valence-corrected chi connectivity index (χ3v) is 6.52. The standard InChI is InChI=1S/C24H22Cl2N2OS/c1-17-15-19(9-12-21(17)26)29-14-4-13-28-23-6-3-2-5-22(23)27-24(28)16-30-20-10-7-18(25)8-11-20/h2-3,5-12,15H,4,13-14,16H2,1H3. The number of ether oxygens (including phenoxy) is 1. The average Bonchev–Trinajstić information content (AvgIpc) is 3.11. The molecule has 0 radical (unpaired) electrons. The smallest absolute Gasteiger partial charge is 0.120 e. The zero-order valence-corrected chi connectivity index (χ0v) is 19.0. The van der Waals surface area contributed by atoms with Crippen LogP contribution in [-0.4, -0.2) is 16.2 Å². The van der Waals surface area contributed by atoms with Crippen LogP contribution in [0.2, 0.25) is 10.0 Å². The molecule has 1 heterocycles. The maximum Gasteiger partial charge on any atom is 0.120 e. The van der Waals surface area contributed by atoms with Crippen molar-refractivity contribution in [3.63, 3.8) is 0 Å². The highest BCUT2D eigenvalue weighted by Gasteiger charge is 2.11. The van der Waals surface area contributed by atoms with Crippen molar-refractivity contribution in [1.82, 2.24) is 9.55 Å². The van der Waals surface area contributed by atoms with Gasteiger partial charge in [-0.25, -0.2) is 4.98 Å². The fourth-order valence-corrected chi connectivity index (χ4v) is 4.37. The van der Waals surface area contributed by atoms with Crippen molar-refractivity contribution in [3.8, 4) is 5.75 Å². The van der Waals surface area contributed by atoms with Crippen LogP contribution in [0.25, 0.3) is 11.0 Å². The Balaban J connectivity index is 1.43. The summed E-state index contributed by atoms with van der Waals surface area (Å²) in [6, 6.07) is 22.0. The fourth-order valence-electron chi connectivity index (χ4n) is 3.28. The molecule has 154 valence electrons. The third kappa shape index (κ3) is 5.12. The summed E-state index contributed by atoms with van der Waals surface area (Å²) in [7, 11) is 0. The lowest BCUT2D eigenvalue weighted by molar-refractivity contribution is 0.302. The first kappa shape index (κ1) is 21.1. The molecule has 0 saturated carbocycles. The predicted octanol–water partition coefficient (Wildman–Crippen LogP) is 7.41. The molecule has 0 atom stereocenters. The van der Waals surface area contributed by atoms with E-state index >= 15 is 0 Å². The fraction of sp³-hybridized carbons (Fsp3) is 0.208. The number of hydrogen-bond acceptors (Lipinski definition) is 3. The molecule has 6 heteroatoms. The second-order valence-electron chi connectivity index (χ2n) is 7.02. The summed E-state index contributed by atoms with van der Waals surface area (Å²) in [5.74, 6) is 2.72. The highest BCUT2D eigenvalue weighted by atomic mass is 35.5. The Labute approximate surface area is 191 Å².